The van der Waals surface area contributed by atoms with Gasteiger partial charge in [-0.1, -0.05) is 6.92 Å². The van der Waals surface area contributed by atoms with Crippen molar-refractivity contribution in [2.45, 2.75) is 32.4 Å². The molecule has 4 nitrogen and oxygen atoms in total. The van der Waals surface area contributed by atoms with Crippen LogP contribution in [0.1, 0.15) is 36.6 Å². The van der Waals surface area contributed by atoms with Crippen LogP contribution in [0.25, 0.3) is 0 Å². The molecule has 2 N–H and O–H groups in total. The number of hydrogen-bond donors (Lipinski definition) is 2. The van der Waals surface area contributed by atoms with Gasteiger partial charge >= 0.3 is 0 Å². The molecule has 0 radical (unpaired) electrons. The maximum atomic E-state index is 5.80. The molecule has 90 valence electrons. The van der Waals surface area contributed by atoms with Gasteiger partial charge in [0.15, 0.2) is 0 Å². The normalized spacial score (nSPS) is 22.9. The minimum absolute atomic E-state index is 0.661. The minimum Gasteiger partial charge on any atom is -0.464 e. The van der Waals surface area contributed by atoms with Gasteiger partial charge in [0.25, 0.3) is 0 Å². The van der Waals surface area contributed by atoms with E-state index in [1.807, 2.05) is 6.20 Å². The number of rotatable bonds is 5. The molecule has 0 amide bonds. The summed E-state index contributed by atoms with van der Waals surface area (Å²) in [6.07, 6.45) is 4.86. The monoisotopic (exact) mass is 231 g/mol. The second-order valence-electron chi connectivity index (χ2n) is 4.76. The van der Waals surface area contributed by atoms with Crippen molar-refractivity contribution in [1.82, 2.24) is 15.3 Å². The molecule has 0 aromatic carbocycles. The Hall–Kier alpha value is -1.55. The maximum Gasteiger partial charge on any atom is 0.120 e. The Kier molecular flexibility index (Phi) is 2.73. The van der Waals surface area contributed by atoms with Gasteiger partial charge in [-0.05, 0) is 24.5 Å². The highest BCUT2D eigenvalue weighted by molar-refractivity contribution is 5.17. The summed E-state index contributed by atoms with van der Waals surface area (Å²) in [5.74, 6) is 4.56. The number of nitrogens with zero attached hydrogens (tertiary/aromatic N) is 1. The molecule has 3 rings (SSSR count). The molecule has 4 heteroatoms. The molecule has 2 aromatic rings. The van der Waals surface area contributed by atoms with E-state index in [0.29, 0.717) is 5.92 Å². The SMILES string of the molecule is CC1CC1c1ccc(CNCc2ncc[nH]2)o1. The van der Waals surface area contributed by atoms with Crippen molar-refractivity contribution >= 4 is 0 Å². The van der Waals surface area contributed by atoms with Crippen molar-refractivity contribution in [3.63, 3.8) is 0 Å². The van der Waals surface area contributed by atoms with Crippen LogP contribution in [-0.4, -0.2) is 9.97 Å². The first-order valence-corrected chi connectivity index (χ1v) is 6.10. The molecule has 1 aliphatic carbocycles. The lowest BCUT2D eigenvalue weighted by atomic mass is 10.3. The predicted octanol–water partition coefficient (Wildman–Crippen LogP) is 2.42. The van der Waals surface area contributed by atoms with Crippen molar-refractivity contribution in [2.24, 2.45) is 5.92 Å². The van der Waals surface area contributed by atoms with Crippen LogP contribution in [0.5, 0.6) is 0 Å². The highest BCUT2D eigenvalue weighted by Gasteiger charge is 2.36. The first-order chi connectivity index (χ1) is 8.33. The topological polar surface area (TPSA) is 53.9 Å². The van der Waals surface area contributed by atoms with Gasteiger partial charge in [-0.2, -0.15) is 0 Å². The lowest BCUT2D eigenvalue weighted by Crippen LogP contribution is -2.13. The van der Waals surface area contributed by atoms with Crippen LogP contribution in [-0.2, 0) is 13.1 Å². The van der Waals surface area contributed by atoms with Gasteiger partial charge in [0.05, 0.1) is 13.1 Å². The Morgan fingerprint density at radius 1 is 1.47 bits per heavy atom. The number of H-pyrrole nitrogens is 1. The van der Waals surface area contributed by atoms with Gasteiger partial charge in [0.2, 0.25) is 0 Å². The smallest absolute Gasteiger partial charge is 0.120 e. The van der Waals surface area contributed by atoms with Crippen LogP contribution in [0.15, 0.2) is 28.9 Å². The fraction of sp³-hybridized carbons (Fsp3) is 0.462. The summed E-state index contributed by atoms with van der Waals surface area (Å²) in [5, 5.41) is 3.30. The zero-order valence-corrected chi connectivity index (χ0v) is 9.94. The van der Waals surface area contributed by atoms with Gasteiger partial charge < -0.3 is 14.7 Å². The van der Waals surface area contributed by atoms with Crippen LogP contribution >= 0.6 is 0 Å². The van der Waals surface area contributed by atoms with E-state index in [0.717, 1.165) is 36.4 Å². The molecule has 17 heavy (non-hydrogen) atoms. The molecule has 0 bridgehead atoms. The van der Waals surface area contributed by atoms with E-state index in [1.54, 1.807) is 6.20 Å². The van der Waals surface area contributed by atoms with E-state index >= 15 is 0 Å². The molecule has 0 spiro atoms. The van der Waals surface area contributed by atoms with Crippen molar-refractivity contribution in [3.8, 4) is 0 Å². The van der Waals surface area contributed by atoms with Gasteiger partial charge in [0, 0.05) is 18.3 Å². The second kappa shape index (κ2) is 4.37. The van der Waals surface area contributed by atoms with E-state index in [1.165, 1.54) is 6.42 Å². The first-order valence-electron chi connectivity index (χ1n) is 6.10. The summed E-state index contributed by atoms with van der Waals surface area (Å²) in [6, 6.07) is 4.17. The molecule has 2 atom stereocenters. The molecule has 0 aliphatic heterocycles. The van der Waals surface area contributed by atoms with Crippen molar-refractivity contribution in [3.05, 3.63) is 41.9 Å². The number of imidazole rings is 1. The van der Waals surface area contributed by atoms with Gasteiger partial charge in [-0.25, -0.2) is 4.98 Å². The van der Waals surface area contributed by atoms with Crippen molar-refractivity contribution in [2.75, 3.05) is 0 Å². The molecule has 1 fully saturated rings. The van der Waals surface area contributed by atoms with Gasteiger partial charge in [-0.3, -0.25) is 0 Å². The predicted molar refractivity (Wildman–Crippen MR) is 64.4 cm³/mol. The summed E-state index contributed by atoms with van der Waals surface area (Å²) in [7, 11) is 0. The molecule has 1 saturated carbocycles. The third kappa shape index (κ3) is 2.42. The van der Waals surface area contributed by atoms with E-state index in [4.69, 9.17) is 4.42 Å². The Bertz CT molecular complexity index is 475. The number of nitrogens with one attached hydrogen (secondary N) is 2. The van der Waals surface area contributed by atoms with Crippen LogP contribution in [0.2, 0.25) is 0 Å². The number of furan rings is 1. The zero-order valence-electron chi connectivity index (χ0n) is 9.94. The lowest BCUT2D eigenvalue weighted by molar-refractivity contribution is 0.443. The maximum absolute atomic E-state index is 5.80. The second-order valence-corrected chi connectivity index (χ2v) is 4.76. The lowest BCUT2D eigenvalue weighted by Gasteiger charge is -1.99. The first kappa shape index (κ1) is 10.6. The summed E-state index contributed by atoms with van der Waals surface area (Å²) in [5.41, 5.74) is 0. The van der Waals surface area contributed by atoms with Crippen LogP contribution < -0.4 is 5.32 Å². The quantitative estimate of drug-likeness (QED) is 0.831. The number of hydrogen-bond acceptors (Lipinski definition) is 3. The molecular weight excluding hydrogens is 214 g/mol. The third-order valence-electron chi connectivity index (χ3n) is 3.30. The summed E-state index contributed by atoms with van der Waals surface area (Å²) in [4.78, 5) is 7.21. The van der Waals surface area contributed by atoms with E-state index in [-0.39, 0.29) is 0 Å². The van der Waals surface area contributed by atoms with Crippen LogP contribution in [0, 0.1) is 5.92 Å². The summed E-state index contributed by atoms with van der Waals surface area (Å²) in [6.45, 7) is 3.76. The highest BCUT2D eigenvalue weighted by atomic mass is 16.3. The van der Waals surface area contributed by atoms with E-state index in [9.17, 15) is 0 Å². The summed E-state index contributed by atoms with van der Waals surface area (Å²) < 4.78 is 5.80. The molecule has 2 aromatic heterocycles. The van der Waals surface area contributed by atoms with Gasteiger partial charge in [-0.15, -0.1) is 0 Å². The molecule has 2 unspecified atom stereocenters. The Morgan fingerprint density at radius 3 is 3.06 bits per heavy atom. The average Bonchev–Trinajstić information content (AvgIpc) is 2.76. The van der Waals surface area contributed by atoms with Crippen molar-refractivity contribution in [1.29, 1.82) is 0 Å². The molecular formula is C13H17N3O. The van der Waals surface area contributed by atoms with Crippen LogP contribution in [0.3, 0.4) is 0 Å². The van der Waals surface area contributed by atoms with Crippen LogP contribution in [0.4, 0.5) is 0 Å². The Morgan fingerprint density at radius 2 is 2.35 bits per heavy atom. The largest absolute Gasteiger partial charge is 0.464 e. The van der Waals surface area contributed by atoms with Gasteiger partial charge in [0.1, 0.15) is 17.3 Å². The Labute approximate surface area is 100 Å². The average molecular weight is 231 g/mol. The summed E-state index contributed by atoms with van der Waals surface area (Å²) >= 11 is 0. The standard InChI is InChI=1S/C13H17N3O/c1-9-6-11(9)12-3-2-10(17-12)7-14-8-13-15-4-5-16-13/h2-5,9,11,14H,6-8H2,1H3,(H,15,16). The van der Waals surface area contributed by atoms with E-state index in [2.05, 4.69) is 34.3 Å². The highest BCUT2D eigenvalue weighted by Crippen LogP contribution is 2.47. The van der Waals surface area contributed by atoms with E-state index < -0.39 is 0 Å². The Balaban J connectivity index is 1.50. The fourth-order valence-corrected chi connectivity index (χ4v) is 2.11. The third-order valence-corrected chi connectivity index (χ3v) is 3.30. The molecule has 1 aliphatic rings. The zero-order chi connectivity index (χ0) is 11.7. The molecule has 2 heterocycles. The number of aromatic nitrogens is 2. The number of aromatic amines is 1. The fourth-order valence-electron chi connectivity index (χ4n) is 2.11. The van der Waals surface area contributed by atoms with Crippen molar-refractivity contribution < 1.29 is 4.42 Å². The minimum atomic E-state index is 0.661. The molecule has 0 saturated heterocycles.